The maximum absolute atomic E-state index is 11.5. The Hall–Kier alpha value is -0.920. The lowest BCUT2D eigenvalue weighted by Gasteiger charge is -2.23. The lowest BCUT2D eigenvalue weighted by atomic mass is 9.78. The maximum Gasteiger partial charge on any atom is 0.150 e. The molecule has 0 aromatic rings. The fourth-order valence-corrected chi connectivity index (χ4v) is 1.72. The van der Waals surface area contributed by atoms with Crippen molar-refractivity contribution in [2.75, 3.05) is 0 Å². The molecule has 0 bridgehead atoms. The molecule has 2 unspecified atom stereocenters. The number of Topliss-reactive ketones (excluding diaryl/α,β-unsaturated/α-hetero) is 2. The van der Waals surface area contributed by atoms with Gasteiger partial charge in [-0.2, -0.15) is 0 Å². The molecule has 1 rings (SSSR count). The molecule has 66 valence electrons. The summed E-state index contributed by atoms with van der Waals surface area (Å²) in [4.78, 5) is 22.5. The molecule has 0 amide bonds. The van der Waals surface area contributed by atoms with Gasteiger partial charge in [0.1, 0.15) is 11.6 Å². The molecule has 2 nitrogen and oxygen atoms in total. The van der Waals surface area contributed by atoms with Gasteiger partial charge >= 0.3 is 0 Å². The molecule has 1 aliphatic rings. The molecule has 1 fully saturated rings. The van der Waals surface area contributed by atoms with E-state index in [4.69, 9.17) is 0 Å². The topological polar surface area (TPSA) is 34.1 Å². The molecule has 0 saturated heterocycles. The number of hydrogen-bond donors (Lipinski definition) is 0. The molecular weight excluding hydrogens is 152 g/mol. The van der Waals surface area contributed by atoms with Gasteiger partial charge in [0.05, 0.1) is 5.92 Å². The molecule has 2 heteroatoms. The third-order valence-corrected chi connectivity index (χ3v) is 2.49. The zero-order valence-electron chi connectivity index (χ0n) is 7.38. The van der Waals surface area contributed by atoms with Crippen LogP contribution in [0.25, 0.3) is 0 Å². The Morgan fingerprint density at radius 2 is 2.25 bits per heavy atom. The van der Waals surface area contributed by atoms with Crippen molar-refractivity contribution in [3.63, 3.8) is 0 Å². The highest BCUT2D eigenvalue weighted by molar-refractivity contribution is 6.03. The highest BCUT2D eigenvalue weighted by Crippen LogP contribution is 2.26. The van der Waals surface area contributed by atoms with Gasteiger partial charge in [-0.25, -0.2) is 0 Å². The lowest BCUT2D eigenvalue weighted by molar-refractivity contribution is -0.135. The summed E-state index contributed by atoms with van der Waals surface area (Å²) in [6, 6.07) is 0. The van der Waals surface area contributed by atoms with E-state index in [1.54, 1.807) is 6.08 Å². The van der Waals surface area contributed by atoms with Gasteiger partial charge in [0.15, 0.2) is 0 Å². The second-order valence-electron chi connectivity index (χ2n) is 3.34. The van der Waals surface area contributed by atoms with Crippen LogP contribution in [0.4, 0.5) is 0 Å². The van der Waals surface area contributed by atoms with Gasteiger partial charge in [-0.05, 0) is 19.8 Å². The monoisotopic (exact) mass is 166 g/mol. The second-order valence-corrected chi connectivity index (χ2v) is 3.34. The Morgan fingerprint density at radius 1 is 1.58 bits per heavy atom. The number of ketones is 2. The molecule has 0 heterocycles. The van der Waals surface area contributed by atoms with Crippen molar-refractivity contribution in [2.24, 2.45) is 11.8 Å². The van der Waals surface area contributed by atoms with Crippen molar-refractivity contribution in [3.8, 4) is 0 Å². The summed E-state index contributed by atoms with van der Waals surface area (Å²) in [6.07, 6.45) is 4.23. The van der Waals surface area contributed by atoms with Crippen LogP contribution in [0.15, 0.2) is 12.7 Å². The zero-order chi connectivity index (χ0) is 9.14. The average Bonchev–Trinajstić information content (AvgIpc) is 2.04. The third-order valence-electron chi connectivity index (χ3n) is 2.49. The van der Waals surface area contributed by atoms with Crippen LogP contribution in [0, 0.1) is 11.8 Å². The average molecular weight is 166 g/mol. The summed E-state index contributed by atoms with van der Waals surface area (Å²) in [5, 5.41) is 0. The third kappa shape index (κ3) is 1.63. The van der Waals surface area contributed by atoms with Crippen molar-refractivity contribution >= 4 is 11.6 Å². The highest BCUT2D eigenvalue weighted by Gasteiger charge is 2.31. The quantitative estimate of drug-likeness (QED) is 0.462. The van der Waals surface area contributed by atoms with E-state index >= 15 is 0 Å². The first-order chi connectivity index (χ1) is 5.66. The van der Waals surface area contributed by atoms with Crippen molar-refractivity contribution in [1.82, 2.24) is 0 Å². The lowest BCUT2D eigenvalue weighted by Crippen LogP contribution is -2.31. The van der Waals surface area contributed by atoms with Crippen molar-refractivity contribution in [3.05, 3.63) is 12.7 Å². The Labute approximate surface area is 72.7 Å². The van der Waals surface area contributed by atoms with E-state index in [9.17, 15) is 9.59 Å². The molecule has 1 aliphatic carbocycles. The van der Waals surface area contributed by atoms with E-state index < -0.39 is 0 Å². The Kier molecular flexibility index (Phi) is 2.79. The number of carbonyl (C=O) groups is 2. The molecule has 1 saturated carbocycles. The maximum atomic E-state index is 11.5. The first-order valence-corrected chi connectivity index (χ1v) is 4.33. The summed E-state index contributed by atoms with van der Waals surface area (Å²) >= 11 is 0. The Morgan fingerprint density at radius 3 is 2.75 bits per heavy atom. The first-order valence-electron chi connectivity index (χ1n) is 4.33. The van der Waals surface area contributed by atoms with Crippen LogP contribution in [-0.2, 0) is 9.59 Å². The molecule has 12 heavy (non-hydrogen) atoms. The molecule has 0 radical (unpaired) electrons. The standard InChI is InChI=1S/C10H14O2/c1-3-8-5-4-6-9(7(2)11)10(8)12/h3,8-9H,1,4-6H2,2H3. The van der Waals surface area contributed by atoms with E-state index in [-0.39, 0.29) is 23.4 Å². The van der Waals surface area contributed by atoms with E-state index in [0.717, 1.165) is 19.3 Å². The van der Waals surface area contributed by atoms with Crippen LogP contribution in [0.3, 0.4) is 0 Å². The van der Waals surface area contributed by atoms with Gasteiger partial charge in [-0.1, -0.05) is 12.5 Å². The summed E-state index contributed by atoms with van der Waals surface area (Å²) in [5.74, 6) is -0.343. The van der Waals surface area contributed by atoms with Gasteiger partial charge in [0.2, 0.25) is 0 Å². The minimum absolute atomic E-state index is 0.00606. The number of hydrogen-bond acceptors (Lipinski definition) is 2. The van der Waals surface area contributed by atoms with Gasteiger partial charge in [-0.15, -0.1) is 6.58 Å². The fourth-order valence-electron chi connectivity index (χ4n) is 1.72. The minimum atomic E-state index is -0.346. The van der Waals surface area contributed by atoms with E-state index in [0.29, 0.717) is 0 Å². The molecular formula is C10H14O2. The number of allylic oxidation sites excluding steroid dienone is 1. The fraction of sp³-hybridized carbons (Fsp3) is 0.600. The van der Waals surface area contributed by atoms with Gasteiger partial charge < -0.3 is 0 Å². The van der Waals surface area contributed by atoms with E-state index in [1.165, 1.54) is 6.92 Å². The Bertz CT molecular complexity index is 218. The molecule has 0 spiro atoms. The summed E-state index contributed by atoms with van der Waals surface area (Å²) < 4.78 is 0. The summed E-state index contributed by atoms with van der Waals surface area (Å²) in [5.41, 5.74) is 0. The van der Waals surface area contributed by atoms with E-state index in [1.807, 2.05) is 0 Å². The van der Waals surface area contributed by atoms with Crippen LogP contribution in [-0.4, -0.2) is 11.6 Å². The van der Waals surface area contributed by atoms with E-state index in [2.05, 4.69) is 6.58 Å². The molecule has 2 atom stereocenters. The predicted octanol–water partition coefficient (Wildman–Crippen LogP) is 1.75. The van der Waals surface area contributed by atoms with Gasteiger partial charge in [0.25, 0.3) is 0 Å². The van der Waals surface area contributed by atoms with Gasteiger partial charge in [-0.3, -0.25) is 9.59 Å². The van der Waals surface area contributed by atoms with Crippen molar-refractivity contribution in [2.45, 2.75) is 26.2 Å². The minimum Gasteiger partial charge on any atom is -0.299 e. The van der Waals surface area contributed by atoms with Crippen LogP contribution in [0.2, 0.25) is 0 Å². The summed E-state index contributed by atoms with van der Waals surface area (Å²) in [7, 11) is 0. The van der Waals surface area contributed by atoms with Gasteiger partial charge in [0, 0.05) is 5.92 Å². The number of rotatable bonds is 2. The molecule has 0 aromatic carbocycles. The van der Waals surface area contributed by atoms with Crippen LogP contribution in [0.1, 0.15) is 26.2 Å². The first kappa shape index (κ1) is 9.17. The SMILES string of the molecule is C=CC1CCCC(C(C)=O)C1=O. The smallest absolute Gasteiger partial charge is 0.150 e. The van der Waals surface area contributed by atoms with Crippen LogP contribution < -0.4 is 0 Å². The molecule has 0 aliphatic heterocycles. The van der Waals surface area contributed by atoms with Crippen molar-refractivity contribution in [1.29, 1.82) is 0 Å². The highest BCUT2D eigenvalue weighted by atomic mass is 16.1. The predicted molar refractivity (Wildman–Crippen MR) is 46.7 cm³/mol. The molecule has 0 N–H and O–H groups in total. The Balaban J connectivity index is 2.72. The normalized spacial score (nSPS) is 29.9. The largest absolute Gasteiger partial charge is 0.299 e. The second kappa shape index (κ2) is 3.65. The number of carbonyl (C=O) groups excluding carboxylic acids is 2. The van der Waals surface area contributed by atoms with Crippen LogP contribution in [0.5, 0.6) is 0 Å². The van der Waals surface area contributed by atoms with Crippen LogP contribution >= 0.6 is 0 Å². The molecule has 0 aromatic heterocycles. The zero-order valence-corrected chi connectivity index (χ0v) is 7.38. The summed E-state index contributed by atoms with van der Waals surface area (Å²) in [6.45, 7) is 5.09. The van der Waals surface area contributed by atoms with Crippen molar-refractivity contribution < 1.29 is 9.59 Å².